The fraction of sp³-hybridized carbons (Fsp3) is 0.412. The Hall–Kier alpha value is -4.98. The lowest BCUT2D eigenvalue weighted by atomic mass is 10.1. The summed E-state index contributed by atoms with van der Waals surface area (Å²) in [5.74, 6) is 0.384. The summed E-state index contributed by atoms with van der Waals surface area (Å²) in [5.41, 5.74) is 6.76. The van der Waals surface area contributed by atoms with Crippen molar-refractivity contribution in [2.75, 3.05) is 18.8 Å². The van der Waals surface area contributed by atoms with Crippen LogP contribution in [0.15, 0.2) is 53.6 Å². The van der Waals surface area contributed by atoms with Gasteiger partial charge in [0.15, 0.2) is 5.03 Å². The molecule has 0 atom stereocenters. The van der Waals surface area contributed by atoms with Gasteiger partial charge >= 0.3 is 24.5 Å². The average molecular weight is 820 g/mol. The third-order valence-electron chi connectivity index (χ3n) is 8.44. The zero-order chi connectivity index (χ0) is 40.3. The molecule has 0 spiro atoms. The Morgan fingerprint density at radius 3 is 1.58 bits per heavy atom. The number of aryl methyl sites for hydroxylation is 4. The van der Waals surface area contributed by atoms with Crippen LogP contribution < -0.4 is 5.73 Å². The van der Waals surface area contributed by atoms with Gasteiger partial charge in [0.25, 0.3) is 9.05 Å². The second kappa shape index (κ2) is 16.4. The highest BCUT2D eigenvalue weighted by atomic mass is 35.7. The van der Waals surface area contributed by atoms with Crippen molar-refractivity contribution in [2.24, 2.45) is 0 Å². The number of fused-ring (bicyclic) bond motifs is 2. The number of benzene rings is 2. The number of nitrogen functional groups attached to an aromatic ring is 1. The minimum absolute atomic E-state index is 0.0415. The summed E-state index contributed by atoms with van der Waals surface area (Å²) in [6.07, 6.45) is -9.04. The van der Waals surface area contributed by atoms with Crippen LogP contribution in [0.3, 0.4) is 0 Å². The topological polar surface area (TPSA) is 155 Å². The summed E-state index contributed by atoms with van der Waals surface area (Å²) in [4.78, 5) is 27.6. The van der Waals surface area contributed by atoms with E-state index in [2.05, 4.69) is 10.2 Å². The van der Waals surface area contributed by atoms with Crippen molar-refractivity contribution in [2.45, 2.75) is 83.5 Å². The van der Waals surface area contributed by atoms with Gasteiger partial charge in [0.05, 0.1) is 35.6 Å². The van der Waals surface area contributed by atoms with E-state index in [1.807, 2.05) is 0 Å². The lowest BCUT2D eigenvalue weighted by Gasteiger charge is -2.19. The molecule has 6 rings (SSSR count). The van der Waals surface area contributed by atoms with E-state index in [-0.39, 0.29) is 30.3 Å². The van der Waals surface area contributed by atoms with Crippen molar-refractivity contribution in [3.05, 3.63) is 93.3 Å². The largest absolute Gasteiger partial charge is 0.445 e. The van der Waals surface area contributed by atoms with Crippen molar-refractivity contribution in [3.8, 4) is 0 Å². The Morgan fingerprint density at radius 1 is 0.709 bits per heavy atom. The Balaban J connectivity index is 0.000000212. The van der Waals surface area contributed by atoms with Crippen molar-refractivity contribution in [1.82, 2.24) is 29.4 Å². The smallest absolute Gasteiger partial charge is 0.416 e. The summed E-state index contributed by atoms with van der Waals surface area (Å²) in [7, 11) is 1.30. The first-order chi connectivity index (χ1) is 25.7. The molecule has 4 aromatic rings. The van der Waals surface area contributed by atoms with Gasteiger partial charge < -0.3 is 25.0 Å². The van der Waals surface area contributed by atoms with Crippen molar-refractivity contribution < 1.29 is 53.8 Å². The summed E-state index contributed by atoms with van der Waals surface area (Å²) in [5, 5.41) is 7.77. The number of carbonyl (C=O) groups excluding carboxylic acids is 2. The lowest BCUT2D eigenvalue weighted by Crippen LogP contribution is -2.31. The number of hydrogen-bond donors (Lipinski definition) is 1. The number of nitrogens with zero attached hydrogens (tertiary/aromatic N) is 6. The second-order valence-corrected chi connectivity index (χ2v) is 15.5. The van der Waals surface area contributed by atoms with E-state index in [4.69, 9.17) is 25.9 Å². The molecule has 0 saturated heterocycles. The Morgan fingerprint density at radius 2 is 1.15 bits per heavy atom. The summed E-state index contributed by atoms with van der Waals surface area (Å²) >= 11 is 0. The molecule has 2 aliphatic heterocycles. The average Bonchev–Trinajstić information content (AvgIpc) is 3.51. The molecule has 2 N–H and O–H groups in total. The quantitative estimate of drug-likeness (QED) is 0.165. The fourth-order valence-corrected chi connectivity index (χ4v) is 6.74. The molecule has 298 valence electrons. The molecule has 2 aromatic heterocycles. The minimum atomic E-state index is -4.49. The second-order valence-electron chi connectivity index (χ2n) is 13.0. The normalized spacial score (nSPS) is 14.9. The summed E-state index contributed by atoms with van der Waals surface area (Å²) < 4.78 is 114. The standard InChI is InChI=1S/C17H17ClF3N3O4S.C17H19F3N4O2/c1-11-5-12(7-13(6-11)17(19,20)21)10-28-16(25)23-3-2-4-24-14(9-23)8-15(22-24)29(18,26)27;1-11-5-12(7-13(6-11)17(18,19)20)10-26-16(25)23-3-2-4-24-14(9-23)8-15(21)22-24/h5-8H,2-4,9-10H2,1H3;5-8H,2-4,9-10H2,1H3,(H2,21,22). The number of carbonyl (C=O) groups is 2. The molecule has 0 aliphatic carbocycles. The van der Waals surface area contributed by atoms with Crippen LogP contribution >= 0.6 is 10.7 Å². The number of nitrogens with two attached hydrogens (primary N) is 1. The van der Waals surface area contributed by atoms with E-state index in [1.54, 1.807) is 23.7 Å². The van der Waals surface area contributed by atoms with Crippen LogP contribution in [0.1, 0.15) is 57.6 Å². The van der Waals surface area contributed by atoms with Gasteiger partial charge in [-0.3, -0.25) is 9.36 Å². The maximum Gasteiger partial charge on any atom is 0.416 e. The van der Waals surface area contributed by atoms with Crippen LogP contribution in [0.25, 0.3) is 0 Å². The third kappa shape index (κ3) is 11.1. The van der Waals surface area contributed by atoms with E-state index < -0.39 is 44.7 Å². The predicted molar refractivity (Wildman–Crippen MR) is 185 cm³/mol. The molecule has 55 heavy (non-hydrogen) atoms. The first-order valence-electron chi connectivity index (χ1n) is 16.7. The van der Waals surface area contributed by atoms with E-state index in [0.29, 0.717) is 73.8 Å². The molecule has 21 heteroatoms. The molecular formula is C34H36ClF6N7O6S. The number of aromatic nitrogens is 4. The van der Waals surface area contributed by atoms with Crippen molar-refractivity contribution in [3.63, 3.8) is 0 Å². The van der Waals surface area contributed by atoms with Gasteiger partial charge in [0, 0.05) is 49.0 Å². The van der Waals surface area contributed by atoms with E-state index in [1.165, 1.54) is 33.5 Å². The van der Waals surface area contributed by atoms with Crippen molar-refractivity contribution in [1.29, 1.82) is 0 Å². The summed E-state index contributed by atoms with van der Waals surface area (Å²) in [6, 6.07) is 10.1. The monoisotopic (exact) mass is 819 g/mol. The minimum Gasteiger partial charge on any atom is -0.445 e. The maximum absolute atomic E-state index is 12.9. The van der Waals surface area contributed by atoms with E-state index >= 15 is 0 Å². The molecule has 4 heterocycles. The molecule has 2 aliphatic rings. The number of anilines is 1. The van der Waals surface area contributed by atoms with Crippen LogP contribution in [0.4, 0.5) is 41.7 Å². The van der Waals surface area contributed by atoms with E-state index in [9.17, 15) is 44.3 Å². The Kier molecular flexibility index (Phi) is 12.3. The van der Waals surface area contributed by atoms with Crippen LogP contribution in [0.2, 0.25) is 0 Å². The predicted octanol–water partition coefficient (Wildman–Crippen LogP) is 7.02. The van der Waals surface area contributed by atoms with Gasteiger partial charge in [-0.2, -0.15) is 36.5 Å². The van der Waals surface area contributed by atoms with E-state index in [0.717, 1.165) is 30.0 Å². The molecule has 0 radical (unpaired) electrons. The molecule has 2 amide bonds. The van der Waals surface area contributed by atoms with Crippen LogP contribution in [0.5, 0.6) is 0 Å². The van der Waals surface area contributed by atoms with Crippen molar-refractivity contribution >= 4 is 37.7 Å². The maximum atomic E-state index is 12.9. The number of rotatable bonds is 5. The number of hydrogen-bond acceptors (Lipinski definition) is 9. The number of amides is 2. The zero-order valence-corrected chi connectivity index (χ0v) is 31.0. The number of ether oxygens (including phenoxy) is 2. The molecule has 0 bridgehead atoms. The highest BCUT2D eigenvalue weighted by Crippen LogP contribution is 2.32. The van der Waals surface area contributed by atoms with Gasteiger partial charge in [-0.05, 0) is 62.1 Å². The van der Waals surface area contributed by atoms with Gasteiger partial charge in [-0.15, -0.1) is 0 Å². The molecule has 0 unspecified atom stereocenters. The fourth-order valence-electron chi connectivity index (χ4n) is 6.04. The molecule has 0 saturated carbocycles. The van der Waals surface area contributed by atoms with Gasteiger partial charge in [0.2, 0.25) is 0 Å². The number of halogens is 7. The molecule has 0 fully saturated rings. The Bertz CT molecular complexity index is 2160. The lowest BCUT2D eigenvalue weighted by molar-refractivity contribution is -0.138. The number of alkyl halides is 6. The SMILES string of the molecule is Cc1cc(COC(=O)N2CCCn3nc(N)cc3C2)cc(C(F)(F)F)c1.Cc1cc(COC(=O)N2CCCn3nc(S(=O)(=O)Cl)cc3C2)cc(C(F)(F)F)c1. The molecular weight excluding hydrogens is 784 g/mol. The van der Waals surface area contributed by atoms with Gasteiger partial charge in [0.1, 0.15) is 19.0 Å². The first kappa shape index (κ1) is 41.2. The van der Waals surface area contributed by atoms with Crippen LogP contribution in [-0.2, 0) is 70.3 Å². The highest BCUT2D eigenvalue weighted by molar-refractivity contribution is 8.13. The Labute approximate surface area is 315 Å². The molecule has 13 nitrogen and oxygen atoms in total. The third-order valence-corrected chi connectivity index (χ3v) is 9.62. The zero-order valence-electron chi connectivity index (χ0n) is 29.5. The van der Waals surface area contributed by atoms with Crippen LogP contribution in [-0.4, -0.2) is 63.1 Å². The van der Waals surface area contributed by atoms with Crippen LogP contribution in [0, 0.1) is 13.8 Å². The highest BCUT2D eigenvalue weighted by Gasteiger charge is 2.32. The van der Waals surface area contributed by atoms with Gasteiger partial charge in [-0.1, -0.05) is 23.3 Å². The first-order valence-corrected chi connectivity index (χ1v) is 19.0. The molecule has 2 aromatic carbocycles. The van der Waals surface area contributed by atoms with Gasteiger partial charge in [-0.25, -0.2) is 18.0 Å². The summed E-state index contributed by atoms with van der Waals surface area (Å²) in [6.45, 7) is 4.73.